The van der Waals surface area contributed by atoms with E-state index in [2.05, 4.69) is 0 Å². The number of fused-ring (bicyclic) bond motifs is 1. The van der Waals surface area contributed by atoms with Gasteiger partial charge in [-0.15, -0.1) is 0 Å². The lowest BCUT2D eigenvalue weighted by Gasteiger charge is -2.16. The maximum Gasteiger partial charge on any atom is 0.246 e. The zero-order valence-corrected chi connectivity index (χ0v) is 9.50. The summed E-state index contributed by atoms with van der Waals surface area (Å²) in [6.45, 7) is 7.43. The number of hydrogen-bond acceptors (Lipinski definition) is 3. The highest BCUT2D eigenvalue weighted by atomic mass is 16.7. The van der Waals surface area contributed by atoms with Crippen LogP contribution in [0.3, 0.4) is 0 Å². The molecule has 1 atom stereocenters. The van der Waals surface area contributed by atoms with E-state index in [9.17, 15) is 5.11 Å². The first-order valence-corrected chi connectivity index (χ1v) is 5.10. The molecule has 0 aromatic heterocycles. The first-order chi connectivity index (χ1) is 6.89. The molecule has 15 heavy (non-hydrogen) atoms. The van der Waals surface area contributed by atoms with Crippen LogP contribution < -0.4 is 9.47 Å². The van der Waals surface area contributed by atoms with Crippen LogP contribution >= 0.6 is 0 Å². The van der Waals surface area contributed by atoms with Gasteiger partial charge in [-0.3, -0.25) is 0 Å². The van der Waals surface area contributed by atoms with E-state index in [-0.39, 0.29) is 0 Å². The van der Waals surface area contributed by atoms with Gasteiger partial charge in [-0.05, 0) is 37.1 Å². The fourth-order valence-corrected chi connectivity index (χ4v) is 1.84. The van der Waals surface area contributed by atoms with Crippen molar-refractivity contribution in [3.05, 3.63) is 23.3 Å². The lowest BCUT2D eigenvalue weighted by Crippen LogP contribution is -2.29. The Balaban J connectivity index is 2.45. The van der Waals surface area contributed by atoms with E-state index in [0.717, 1.165) is 16.9 Å². The Morgan fingerprint density at radius 2 is 1.73 bits per heavy atom. The van der Waals surface area contributed by atoms with Gasteiger partial charge in [0.15, 0.2) is 11.5 Å². The molecule has 0 fully saturated rings. The Kier molecular flexibility index (Phi) is 2.15. The minimum absolute atomic E-state index is 0.484. The Morgan fingerprint density at radius 3 is 2.27 bits per heavy atom. The number of rotatable bonds is 1. The van der Waals surface area contributed by atoms with Gasteiger partial charge in [-0.1, -0.05) is 0 Å². The van der Waals surface area contributed by atoms with Gasteiger partial charge in [-0.2, -0.15) is 0 Å². The van der Waals surface area contributed by atoms with E-state index in [1.807, 2.05) is 32.9 Å². The zero-order chi connectivity index (χ0) is 11.2. The highest BCUT2D eigenvalue weighted by molar-refractivity contribution is 5.49. The molecule has 0 bridgehead atoms. The topological polar surface area (TPSA) is 38.7 Å². The van der Waals surface area contributed by atoms with Gasteiger partial charge in [0.2, 0.25) is 5.79 Å². The average Bonchev–Trinajstić information content (AvgIpc) is 2.36. The summed E-state index contributed by atoms with van der Waals surface area (Å²) in [5, 5.41) is 9.57. The monoisotopic (exact) mass is 208 g/mol. The molecule has 1 aliphatic rings. The molecule has 82 valence electrons. The van der Waals surface area contributed by atoms with E-state index in [1.165, 1.54) is 0 Å². The smallest absolute Gasteiger partial charge is 0.246 e. The number of aryl methyl sites for hydroxylation is 1. The molecule has 1 aliphatic heterocycles. The molecule has 3 nitrogen and oxygen atoms in total. The quantitative estimate of drug-likeness (QED) is 0.770. The van der Waals surface area contributed by atoms with Gasteiger partial charge >= 0.3 is 0 Å². The van der Waals surface area contributed by atoms with E-state index < -0.39 is 11.9 Å². The van der Waals surface area contributed by atoms with Crippen molar-refractivity contribution in [2.75, 3.05) is 0 Å². The van der Waals surface area contributed by atoms with Crippen LogP contribution in [-0.4, -0.2) is 10.9 Å². The summed E-state index contributed by atoms with van der Waals surface area (Å²) < 4.78 is 11.2. The normalized spacial score (nSPS) is 19.0. The maximum absolute atomic E-state index is 9.57. The summed E-state index contributed by atoms with van der Waals surface area (Å²) in [6, 6.07) is 3.76. The third-order valence-electron chi connectivity index (χ3n) is 2.49. The Hall–Kier alpha value is -1.22. The van der Waals surface area contributed by atoms with Crippen molar-refractivity contribution in [1.82, 2.24) is 0 Å². The molecular weight excluding hydrogens is 192 g/mol. The molecule has 0 amide bonds. The maximum atomic E-state index is 9.57. The molecule has 1 N–H and O–H groups in total. The Labute approximate surface area is 89.6 Å². The molecular formula is C12H16O3. The van der Waals surface area contributed by atoms with Crippen LogP contribution in [-0.2, 0) is 0 Å². The Morgan fingerprint density at radius 1 is 1.20 bits per heavy atom. The summed E-state index contributed by atoms with van der Waals surface area (Å²) in [7, 11) is 0. The highest BCUT2D eigenvalue weighted by Gasteiger charge is 2.32. The number of aliphatic hydroxyl groups is 1. The van der Waals surface area contributed by atoms with E-state index >= 15 is 0 Å². The molecule has 1 aromatic carbocycles. The standard InChI is InChI=1S/C12H16O3/c1-7-5-10-11(6-9(7)8(2)13)15-12(3,4)14-10/h5-6,8,13H,1-4H3. The van der Waals surface area contributed by atoms with E-state index in [1.54, 1.807) is 6.92 Å². The van der Waals surface area contributed by atoms with Crippen LogP contribution in [0.25, 0.3) is 0 Å². The van der Waals surface area contributed by atoms with Crippen LogP contribution in [0.15, 0.2) is 12.1 Å². The van der Waals surface area contributed by atoms with Crippen LogP contribution in [0.2, 0.25) is 0 Å². The van der Waals surface area contributed by atoms with E-state index in [4.69, 9.17) is 9.47 Å². The van der Waals surface area contributed by atoms with Crippen molar-refractivity contribution in [3.8, 4) is 11.5 Å². The zero-order valence-electron chi connectivity index (χ0n) is 9.50. The average molecular weight is 208 g/mol. The molecule has 2 rings (SSSR count). The third-order valence-corrected chi connectivity index (χ3v) is 2.49. The minimum atomic E-state index is -0.605. The van der Waals surface area contributed by atoms with Gasteiger partial charge in [0.25, 0.3) is 0 Å². The summed E-state index contributed by atoms with van der Waals surface area (Å²) in [4.78, 5) is 0. The molecule has 0 aliphatic carbocycles. The second-order valence-corrected chi connectivity index (χ2v) is 4.44. The number of aliphatic hydroxyl groups excluding tert-OH is 1. The molecule has 3 heteroatoms. The van der Waals surface area contributed by atoms with Gasteiger partial charge in [0.1, 0.15) is 0 Å². The van der Waals surface area contributed by atoms with Crippen LogP contribution in [0.5, 0.6) is 11.5 Å². The lowest BCUT2D eigenvalue weighted by molar-refractivity contribution is -0.0432. The van der Waals surface area contributed by atoms with Crippen LogP contribution in [0.1, 0.15) is 38.0 Å². The first-order valence-electron chi connectivity index (χ1n) is 5.10. The van der Waals surface area contributed by atoms with Crippen molar-refractivity contribution >= 4 is 0 Å². The van der Waals surface area contributed by atoms with Crippen LogP contribution in [0, 0.1) is 6.92 Å². The van der Waals surface area contributed by atoms with Gasteiger partial charge in [0, 0.05) is 13.8 Å². The van der Waals surface area contributed by atoms with Crippen molar-refractivity contribution in [2.45, 2.75) is 39.6 Å². The first kappa shape index (κ1) is 10.3. The molecule has 1 heterocycles. The van der Waals surface area contributed by atoms with Crippen molar-refractivity contribution in [2.24, 2.45) is 0 Å². The van der Waals surface area contributed by atoms with E-state index in [0.29, 0.717) is 5.75 Å². The second kappa shape index (κ2) is 3.14. The summed E-state index contributed by atoms with van der Waals surface area (Å²) >= 11 is 0. The minimum Gasteiger partial charge on any atom is -0.449 e. The summed E-state index contributed by atoms with van der Waals surface area (Å²) in [6.07, 6.45) is -0.484. The predicted molar refractivity (Wildman–Crippen MR) is 57.1 cm³/mol. The fourth-order valence-electron chi connectivity index (χ4n) is 1.84. The fraction of sp³-hybridized carbons (Fsp3) is 0.500. The highest BCUT2D eigenvalue weighted by Crippen LogP contribution is 2.41. The third kappa shape index (κ3) is 1.79. The van der Waals surface area contributed by atoms with Crippen molar-refractivity contribution in [3.63, 3.8) is 0 Å². The number of ether oxygens (including phenoxy) is 2. The van der Waals surface area contributed by atoms with Crippen LogP contribution in [0.4, 0.5) is 0 Å². The molecule has 0 spiro atoms. The molecule has 0 saturated carbocycles. The summed E-state index contributed by atoms with van der Waals surface area (Å²) in [5.74, 6) is 0.856. The second-order valence-electron chi connectivity index (χ2n) is 4.44. The molecule has 1 unspecified atom stereocenters. The molecule has 0 radical (unpaired) electrons. The molecule has 0 saturated heterocycles. The SMILES string of the molecule is Cc1cc2c(cc1C(C)O)OC(C)(C)O2. The van der Waals surface area contributed by atoms with Gasteiger partial charge in [-0.25, -0.2) is 0 Å². The predicted octanol–water partition coefficient (Wildman–Crippen LogP) is 2.56. The number of benzene rings is 1. The van der Waals surface area contributed by atoms with Crippen molar-refractivity contribution in [1.29, 1.82) is 0 Å². The largest absolute Gasteiger partial charge is 0.449 e. The van der Waals surface area contributed by atoms with Gasteiger partial charge < -0.3 is 14.6 Å². The van der Waals surface area contributed by atoms with Gasteiger partial charge in [0.05, 0.1) is 6.10 Å². The Bertz CT molecular complexity index is 394. The molecule has 1 aromatic rings. The lowest BCUT2D eigenvalue weighted by atomic mass is 10.0. The summed E-state index contributed by atoms with van der Waals surface area (Å²) in [5.41, 5.74) is 1.90. The van der Waals surface area contributed by atoms with Crippen molar-refractivity contribution < 1.29 is 14.6 Å². The number of hydrogen-bond donors (Lipinski definition) is 1.